The monoisotopic (exact) mass is 322 g/mol. The third-order valence-electron chi connectivity index (χ3n) is 3.80. The topological polar surface area (TPSA) is 135 Å². The van der Waals surface area contributed by atoms with Crippen molar-refractivity contribution in [2.75, 3.05) is 0 Å². The summed E-state index contributed by atoms with van der Waals surface area (Å²) in [4.78, 5) is 24.5. The summed E-state index contributed by atoms with van der Waals surface area (Å²) in [5.41, 5.74) is -2.52. The van der Waals surface area contributed by atoms with Gasteiger partial charge in [-0.25, -0.2) is 0 Å². The van der Waals surface area contributed by atoms with E-state index in [2.05, 4.69) is 0 Å². The summed E-state index contributed by atoms with van der Waals surface area (Å²) in [6.45, 7) is 2.68. The van der Waals surface area contributed by atoms with Gasteiger partial charge in [0, 0.05) is 12.0 Å². The molecule has 7 heteroatoms. The number of phenols is 2. The van der Waals surface area contributed by atoms with Crippen LogP contribution in [0.5, 0.6) is 11.5 Å². The first kappa shape index (κ1) is 17.1. The van der Waals surface area contributed by atoms with Crippen LogP contribution in [0, 0.1) is 0 Å². The van der Waals surface area contributed by atoms with E-state index in [1.807, 2.05) is 0 Å². The Bertz CT molecular complexity index is 697. The zero-order valence-corrected chi connectivity index (χ0v) is 12.6. The fraction of sp³-hybridized carbons (Fsp3) is 0.375. The van der Waals surface area contributed by atoms with E-state index in [1.165, 1.54) is 13.8 Å². The van der Waals surface area contributed by atoms with Crippen molar-refractivity contribution in [2.45, 2.75) is 38.1 Å². The molecular weight excluding hydrogens is 304 g/mol. The maximum absolute atomic E-state index is 12.4. The molecule has 0 aromatic heterocycles. The van der Waals surface area contributed by atoms with Gasteiger partial charge in [-0.3, -0.25) is 9.59 Å². The van der Waals surface area contributed by atoms with E-state index in [4.69, 9.17) is 0 Å². The number of hydrogen-bond acceptors (Lipinski definition) is 7. The molecule has 0 radical (unpaired) electrons. The number of hydrogen-bond donors (Lipinski definition) is 5. The number of rotatable bonds is 4. The number of aromatic hydroxyl groups is 2. The second-order valence-corrected chi connectivity index (χ2v) is 6.07. The summed E-state index contributed by atoms with van der Waals surface area (Å²) in [6.07, 6.45) is -2.35. The molecule has 0 saturated heterocycles. The molecule has 0 fully saturated rings. The fourth-order valence-electron chi connectivity index (χ4n) is 2.36. The molecular formula is C16H18O7. The first-order valence-electron chi connectivity index (χ1n) is 6.98. The van der Waals surface area contributed by atoms with Crippen molar-refractivity contribution in [1.29, 1.82) is 0 Å². The van der Waals surface area contributed by atoms with Crippen molar-refractivity contribution >= 4 is 11.6 Å². The van der Waals surface area contributed by atoms with E-state index in [0.717, 1.165) is 18.2 Å². The number of ketones is 2. The predicted molar refractivity (Wildman–Crippen MR) is 79.4 cm³/mol. The van der Waals surface area contributed by atoms with Crippen molar-refractivity contribution in [1.82, 2.24) is 0 Å². The van der Waals surface area contributed by atoms with Gasteiger partial charge in [0.25, 0.3) is 0 Å². The minimum Gasteiger partial charge on any atom is -0.507 e. The number of aliphatic hydroxyl groups is 3. The highest BCUT2D eigenvalue weighted by atomic mass is 16.3. The second kappa shape index (κ2) is 5.77. The zero-order valence-electron chi connectivity index (χ0n) is 12.6. The third-order valence-corrected chi connectivity index (χ3v) is 3.80. The Morgan fingerprint density at radius 3 is 2.09 bits per heavy atom. The molecule has 0 bridgehead atoms. The highest BCUT2D eigenvalue weighted by molar-refractivity contribution is 6.26. The molecule has 2 rings (SSSR count). The van der Waals surface area contributed by atoms with E-state index in [0.29, 0.717) is 0 Å². The maximum atomic E-state index is 12.4. The number of Topliss-reactive ketones (excluding diaryl/α,β-unsaturated/α-hetero) is 1. The Labute approximate surface area is 132 Å². The molecule has 1 aliphatic carbocycles. The summed E-state index contributed by atoms with van der Waals surface area (Å²) in [6, 6.07) is 2.16. The van der Waals surface area contributed by atoms with Crippen LogP contribution in [-0.4, -0.2) is 54.9 Å². The van der Waals surface area contributed by atoms with Crippen molar-refractivity contribution < 1.29 is 35.1 Å². The van der Waals surface area contributed by atoms with Crippen molar-refractivity contribution in [3.8, 4) is 11.5 Å². The Hall–Kier alpha value is -2.22. The average Bonchev–Trinajstić information content (AvgIpc) is 2.44. The lowest BCUT2D eigenvalue weighted by Gasteiger charge is -2.28. The van der Waals surface area contributed by atoms with Crippen LogP contribution >= 0.6 is 0 Å². The number of carbonyl (C=O) groups excluding carboxylic acids is 2. The molecule has 23 heavy (non-hydrogen) atoms. The van der Waals surface area contributed by atoms with Gasteiger partial charge in [-0.2, -0.15) is 0 Å². The smallest absolute Gasteiger partial charge is 0.196 e. The fourth-order valence-corrected chi connectivity index (χ4v) is 2.36. The van der Waals surface area contributed by atoms with Gasteiger partial charge in [0.1, 0.15) is 11.5 Å². The summed E-state index contributed by atoms with van der Waals surface area (Å²) in [7, 11) is 0. The van der Waals surface area contributed by atoms with Gasteiger partial charge < -0.3 is 25.5 Å². The van der Waals surface area contributed by atoms with Crippen LogP contribution < -0.4 is 0 Å². The molecule has 7 nitrogen and oxygen atoms in total. The number of benzene rings is 1. The van der Waals surface area contributed by atoms with Crippen LogP contribution in [0.4, 0.5) is 0 Å². The number of allylic oxidation sites excluding steroid dienone is 1. The van der Waals surface area contributed by atoms with Crippen LogP contribution in [0.3, 0.4) is 0 Å². The molecule has 0 spiro atoms. The van der Waals surface area contributed by atoms with Crippen molar-refractivity contribution in [2.24, 2.45) is 0 Å². The number of carbonyl (C=O) groups is 2. The van der Waals surface area contributed by atoms with E-state index in [1.54, 1.807) is 0 Å². The molecule has 1 aliphatic rings. The lowest BCUT2D eigenvalue weighted by molar-refractivity contribution is -0.0638. The standard InChI is InChI=1S/C16H18O7/c1-16(2,23)12(21)6-10(19)7-5-11(20)13-8(17)3-4-9(18)14(13)15(7)22/h3-5,10,12,17-19,21,23H,6H2,1-2H3/t10?,12-/m0/s1. The van der Waals surface area contributed by atoms with Gasteiger partial charge in [0.15, 0.2) is 11.6 Å². The SMILES string of the molecule is CC(C)(O)[C@@H](O)CC(O)C1=CC(=O)c2c(O)ccc(O)c2C1=O. The van der Waals surface area contributed by atoms with Crippen LogP contribution in [0.1, 0.15) is 41.0 Å². The second-order valence-electron chi connectivity index (χ2n) is 6.07. The molecule has 5 N–H and O–H groups in total. The Kier molecular flexibility index (Phi) is 4.30. The molecule has 1 unspecified atom stereocenters. The van der Waals surface area contributed by atoms with Crippen LogP contribution in [0.2, 0.25) is 0 Å². The van der Waals surface area contributed by atoms with Gasteiger partial charge in [-0.15, -0.1) is 0 Å². The first-order valence-corrected chi connectivity index (χ1v) is 6.98. The molecule has 0 saturated carbocycles. The Morgan fingerprint density at radius 2 is 1.57 bits per heavy atom. The van der Waals surface area contributed by atoms with Gasteiger partial charge >= 0.3 is 0 Å². The van der Waals surface area contributed by atoms with Crippen LogP contribution in [0.25, 0.3) is 0 Å². The van der Waals surface area contributed by atoms with Crippen LogP contribution in [-0.2, 0) is 0 Å². The minimum atomic E-state index is -1.51. The van der Waals surface area contributed by atoms with Gasteiger partial charge in [-0.05, 0) is 32.1 Å². The van der Waals surface area contributed by atoms with Gasteiger partial charge in [0.2, 0.25) is 0 Å². The maximum Gasteiger partial charge on any atom is 0.196 e. The lowest BCUT2D eigenvalue weighted by Crippen LogP contribution is -2.39. The summed E-state index contributed by atoms with van der Waals surface area (Å²) in [5, 5.41) is 49.1. The van der Waals surface area contributed by atoms with E-state index in [-0.39, 0.29) is 23.1 Å². The van der Waals surface area contributed by atoms with E-state index in [9.17, 15) is 35.1 Å². The van der Waals surface area contributed by atoms with Gasteiger partial charge in [-0.1, -0.05) is 0 Å². The summed E-state index contributed by atoms with van der Waals surface area (Å²) >= 11 is 0. The van der Waals surface area contributed by atoms with E-state index >= 15 is 0 Å². The van der Waals surface area contributed by atoms with E-state index < -0.39 is 40.9 Å². The third kappa shape index (κ3) is 3.12. The molecule has 2 atom stereocenters. The predicted octanol–water partition coefficient (Wildman–Crippen LogP) is 0.286. The highest BCUT2D eigenvalue weighted by Crippen LogP contribution is 2.36. The Morgan fingerprint density at radius 1 is 1.04 bits per heavy atom. The Balaban J connectivity index is 2.38. The summed E-state index contributed by atoms with van der Waals surface area (Å²) < 4.78 is 0. The first-order chi connectivity index (χ1) is 10.5. The largest absolute Gasteiger partial charge is 0.507 e. The average molecular weight is 322 g/mol. The lowest BCUT2D eigenvalue weighted by atomic mass is 9.83. The molecule has 124 valence electrons. The van der Waals surface area contributed by atoms with Crippen molar-refractivity contribution in [3.63, 3.8) is 0 Å². The molecule has 0 amide bonds. The summed E-state index contributed by atoms with van der Waals surface area (Å²) in [5.74, 6) is -2.49. The van der Waals surface area contributed by atoms with Crippen LogP contribution in [0.15, 0.2) is 23.8 Å². The molecule has 1 aromatic rings. The normalized spacial score (nSPS) is 17.5. The van der Waals surface area contributed by atoms with Crippen molar-refractivity contribution in [3.05, 3.63) is 34.9 Å². The number of aliphatic hydroxyl groups excluding tert-OH is 2. The van der Waals surface area contributed by atoms with Gasteiger partial charge in [0.05, 0.1) is 28.9 Å². The zero-order chi connectivity index (χ0) is 17.5. The quantitative estimate of drug-likeness (QED) is 0.503. The molecule has 0 heterocycles. The number of phenolic OH excluding ortho intramolecular Hbond substituents is 2. The molecule has 0 aliphatic heterocycles. The highest BCUT2D eigenvalue weighted by Gasteiger charge is 2.36. The molecule has 1 aromatic carbocycles. The minimum absolute atomic E-state index is 0.313. The number of fused-ring (bicyclic) bond motifs is 1.